The second kappa shape index (κ2) is 5.05. The van der Waals surface area contributed by atoms with Gasteiger partial charge in [-0.2, -0.15) is 0 Å². The molecule has 0 fully saturated rings. The van der Waals surface area contributed by atoms with Gasteiger partial charge in [-0.25, -0.2) is 0 Å². The van der Waals surface area contributed by atoms with Crippen LogP contribution in [-0.4, -0.2) is 0 Å². The van der Waals surface area contributed by atoms with Crippen LogP contribution in [0.2, 0.25) is 0 Å². The Morgan fingerprint density at radius 1 is 1.38 bits per heavy atom. The van der Waals surface area contributed by atoms with E-state index >= 15 is 0 Å². The van der Waals surface area contributed by atoms with Crippen LogP contribution < -0.4 is 11.1 Å². The summed E-state index contributed by atoms with van der Waals surface area (Å²) in [6.45, 7) is 2.14. The number of hydrogen-bond donors (Lipinski definition) is 2. The van der Waals surface area contributed by atoms with E-state index in [1.54, 1.807) is 11.3 Å². The van der Waals surface area contributed by atoms with E-state index in [4.69, 9.17) is 5.73 Å². The van der Waals surface area contributed by atoms with Crippen molar-refractivity contribution in [2.24, 2.45) is 0 Å². The van der Waals surface area contributed by atoms with E-state index in [9.17, 15) is 0 Å². The molecule has 1 heterocycles. The molecule has 3 N–H and O–H groups in total. The normalized spacial score (nSPS) is 12.4. The Hall–Kier alpha value is -0.750. The average molecular weight is 344 g/mol. The predicted molar refractivity (Wildman–Crippen MR) is 79.9 cm³/mol. The van der Waals surface area contributed by atoms with Crippen molar-refractivity contribution in [2.75, 3.05) is 11.1 Å². The molecule has 0 aliphatic rings. The fraction of sp³-hybridized carbons (Fsp3) is 0.167. The van der Waals surface area contributed by atoms with Crippen molar-refractivity contribution in [2.45, 2.75) is 13.0 Å². The minimum atomic E-state index is 0.294. The highest BCUT2D eigenvalue weighted by Crippen LogP contribution is 2.27. The Balaban J connectivity index is 2.15. The van der Waals surface area contributed by atoms with Gasteiger partial charge in [0.05, 0.1) is 17.4 Å². The fourth-order valence-corrected chi connectivity index (χ4v) is 2.76. The number of nitrogens with one attached hydrogen (secondary N) is 1. The van der Waals surface area contributed by atoms with Gasteiger partial charge in [0.2, 0.25) is 0 Å². The highest BCUT2D eigenvalue weighted by molar-refractivity contribution is 14.1. The van der Waals surface area contributed by atoms with Crippen molar-refractivity contribution < 1.29 is 0 Å². The van der Waals surface area contributed by atoms with E-state index in [1.807, 2.05) is 12.1 Å². The first-order valence-corrected chi connectivity index (χ1v) is 6.97. The van der Waals surface area contributed by atoms with Crippen LogP contribution in [0.4, 0.5) is 11.4 Å². The number of rotatable bonds is 3. The number of nitrogens with two attached hydrogens (primary N) is 1. The number of anilines is 2. The van der Waals surface area contributed by atoms with Gasteiger partial charge in [-0.05, 0) is 59.2 Å². The van der Waals surface area contributed by atoms with Crippen molar-refractivity contribution in [1.29, 1.82) is 0 Å². The zero-order valence-corrected chi connectivity index (χ0v) is 11.9. The molecule has 1 unspecified atom stereocenters. The summed E-state index contributed by atoms with van der Waals surface area (Å²) in [5.74, 6) is 0. The topological polar surface area (TPSA) is 38.0 Å². The van der Waals surface area contributed by atoms with E-state index in [-0.39, 0.29) is 0 Å². The molecule has 4 heteroatoms. The summed E-state index contributed by atoms with van der Waals surface area (Å²) in [5, 5.41) is 5.51. The molecule has 0 amide bonds. The van der Waals surface area contributed by atoms with Gasteiger partial charge < -0.3 is 11.1 Å². The minimum Gasteiger partial charge on any atom is -0.397 e. The molecule has 0 saturated carbocycles. The molecular formula is C12H13IN2S. The van der Waals surface area contributed by atoms with Crippen LogP contribution in [0.3, 0.4) is 0 Å². The van der Waals surface area contributed by atoms with E-state index < -0.39 is 0 Å². The largest absolute Gasteiger partial charge is 0.397 e. The summed E-state index contributed by atoms with van der Waals surface area (Å²) < 4.78 is 1.16. The van der Waals surface area contributed by atoms with Gasteiger partial charge in [0.1, 0.15) is 0 Å². The van der Waals surface area contributed by atoms with Crippen LogP contribution in [-0.2, 0) is 0 Å². The highest BCUT2D eigenvalue weighted by Gasteiger charge is 2.07. The fourth-order valence-electron chi connectivity index (χ4n) is 1.51. The summed E-state index contributed by atoms with van der Waals surface area (Å²) in [5.41, 5.74) is 7.76. The van der Waals surface area contributed by atoms with Crippen LogP contribution >= 0.6 is 33.9 Å². The lowest BCUT2D eigenvalue weighted by molar-refractivity contribution is 0.909. The first kappa shape index (κ1) is 11.7. The van der Waals surface area contributed by atoms with Gasteiger partial charge in [-0.1, -0.05) is 6.07 Å². The van der Waals surface area contributed by atoms with Crippen molar-refractivity contribution in [1.82, 2.24) is 0 Å². The minimum absolute atomic E-state index is 0.294. The molecule has 0 radical (unpaired) electrons. The summed E-state index contributed by atoms with van der Waals surface area (Å²) in [4.78, 5) is 1.32. The number of thiophene rings is 1. The quantitative estimate of drug-likeness (QED) is 0.650. The molecule has 1 aromatic heterocycles. The molecule has 84 valence electrons. The molecule has 16 heavy (non-hydrogen) atoms. The molecular weight excluding hydrogens is 331 g/mol. The number of nitrogen functional groups attached to an aromatic ring is 1. The molecule has 0 aliphatic carbocycles. The van der Waals surface area contributed by atoms with Crippen LogP contribution in [0.5, 0.6) is 0 Å². The first-order chi connectivity index (χ1) is 7.66. The highest BCUT2D eigenvalue weighted by atomic mass is 127. The average Bonchev–Trinajstić information content (AvgIpc) is 2.75. The standard InChI is InChI=1S/C12H13IN2S/c1-8(12-3-2-6-16-12)15-11-5-4-9(13)7-10(11)14/h2-8,15H,14H2,1H3. The maximum absolute atomic E-state index is 5.96. The summed E-state index contributed by atoms with van der Waals surface area (Å²) in [6, 6.07) is 10.6. The summed E-state index contributed by atoms with van der Waals surface area (Å²) in [6.07, 6.45) is 0. The van der Waals surface area contributed by atoms with Crippen molar-refractivity contribution in [3.05, 3.63) is 44.2 Å². The SMILES string of the molecule is CC(Nc1ccc(I)cc1N)c1cccs1. The molecule has 1 aromatic carbocycles. The van der Waals surface area contributed by atoms with Crippen LogP contribution in [0.1, 0.15) is 17.8 Å². The maximum atomic E-state index is 5.96. The second-order valence-electron chi connectivity index (χ2n) is 3.61. The smallest absolute Gasteiger partial charge is 0.0579 e. The Morgan fingerprint density at radius 3 is 2.81 bits per heavy atom. The molecule has 2 rings (SSSR count). The lowest BCUT2D eigenvalue weighted by Crippen LogP contribution is -2.06. The van der Waals surface area contributed by atoms with E-state index in [0.717, 1.165) is 14.9 Å². The van der Waals surface area contributed by atoms with Crippen molar-refractivity contribution in [3.63, 3.8) is 0 Å². The van der Waals surface area contributed by atoms with E-state index in [2.05, 4.69) is 58.4 Å². The first-order valence-electron chi connectivity index (χ1n) is 5.02. The molecule has 2 nitrogen and oxygen atoms in total. The lowest BCUT2D eigenvalue weighted by atomic mass is 10.2. The number of hydrogen-bond acceptors (Lipinski definition) is 3. The monoisotopic (exact) mass is 344 g/mol. The summed E-state index contributed by atoms with van der Waals surface area (Å²) >= 11 is 4.02. The molecule has 1 atom stereocenters. The van der Waals surface area contributed by atoms with Crippen LogP contribution in [0.25, 0.3) is 0 Å². The molecule has 0 spiro atoms. The molecule has 0 saturated heterocycles. The molecule has 0 bridgehead atoms. The van der Waals surface area contributed by atoms with Crippen molar-refractivity contribution in [3.8, 4) is 0 Å². The van der Waals surface area contributed by atoms with Crippen LogP contribution in [0, 0.1) is 3.57 Å². The van der Waals surface area contributed by atoms with Crippen LogP contribution in [0.15, 0.2) is 35.7 Å². The summed E-state index contributed by atoms with van der Waals surface area (Å²) in [7, 11) is 0. The Morgan fingerprint density at radius 2 is 2.19 bits per heavy atom. The molecule has 0 aliphatic heterocycles. The Kier molecular flexibility index (Phi) is 3.70. The van der Waals surface area contributed by atoms with Gasteiger partial charge in [-0.3, -0.25) is 0 Å². The number of halogens is 1. The third-order valence-corrected chi connectivity index (χ3v) is 4.08. The predicted octanol–water partition coefficient (Wildman–Crippen LogP) is 4.11. The van der Waals surface area contributed by atoms with Gasteiger partial charge in [0.25, 0.3) is 0 Å². The van der Waals surface area contributed by atoms with Gasteiger partial charge >= 0.3 is 0 Å². The number of benzene rings is 1. The zero-order valence-electron chi connectivity index (χ0n) is 8.91. The zero-order chi connectivity index (χ0) is 11.5. The van der Waals surface area contributed by atoms with Crippen molar-refractivity contribution >= 4 is 45.3 Å². The third-order valence-electron chi connectivity index (χ3n) is 2.36. The van der Waals surface area contributed by atoms with E-state index in [0.29, 0.717) is 6.04 Å². The maximum Gasteiger partial charge on any atom is 0.0579 e. The Labute approximate surface area is 113 Å². The third kappa shape index (κ3) is 2.68. The van der Waals surface area contributed by atoms with Gasteiger partial charge in [0, 0.05) is 8.45 Å². The van der Waals surface area contributed by atoms with Gasteiger partial charge in [-0.15, -0.1) is 11.3 Å². The molecule has 2 aromatic rings. The van der Waals surface area contributed by atoms with E-state index in [1.165, 1.54) is 4.88 Å². The van der Waals surface area contributed by atoms with Gasteiger partial charge in [0.15, 0.2) is 0 Å². The second-order valence-corrected chi connectivity index (χ2v) is 5.84. The lowest BCUT2D eigenvalue weighted by Gasteiger charge is -2.15. The Bertz CT molecular complexity index is 468.